The SMILES string of the molecule is Cc1ncn(Cc2ccc(CN)cn2)c1C. The van der Waals surface area contributed by atoms with Gasteiger partial charge in [0.25, 0.3) is 0 Å². The fourth-order valence-corrected chi connectivity index (χ4v) is 1.55. The van der Waals surface area contributed by atoms with Crippen LogP contribution >= 0.6 is 0 Å². The molecule has 0 saturated heterocycles. The zero-order valence-electron chi connectivity index (χ0n) is 9.64. The number of rotatable bonds is 3. The van der Waals surface area contributed by atoms with Crippen molar-refractivity contribution in [3.05, 3.63) is 47.3 Å². The van der Waals surface area contributed by atoms with Crippen molar-refractivity contribution in [2.75, 3.05) is 0 Å². The number of nitrogens with two attached hydrogens (primary N) is 1. The second kappa shape index (κ2) is 4.45. The van der Waals surface area contributed by atoms with E-state index in [1.54, 1.807) is 0 Å². The lowest BCUT2D eigenvalue weighted by Crippen LogP contribution is -2.04. The van der Waals surface area contributed by atoms with E-state index in [1.165, 1.54) is 5.69 Å². The average Bonchev–Trinajstić information content (AvgIpc) is 2.62. The third kappa shape index (κ3) is 2.12. The molecule has 2 aromatic rings. The molecule has 0 unspecified atom stereocenters. The lowest BCUT2D eigenvalue weighted by Gasteiger charge is -2.05. The van der Waals surface area contributed by atoms with E-state index in [9.17, 15) is 0 Å². The number of nitrogens with zero attached hydrogens (tertiary/aromatic N) is 3. The minimum absolute atomic E-state index is 0.538. The van der Waals surface area contributed by atoms with E-state index < -0.39 is 0 Å². The molecule has 0 saturated carbocycles. The van der Waals surface area contributed by atoms with Crippen molar-refractivity contribution in [1.82, 2.24) is 14.5 Å². The van der Waals surface area contributed by atoms with Gasteiger partial charge in [-0.25, -0.2) is 4.98 Å². The summed E-state index contributed by atoms with van der Waals surface area (Å²) in [7, 11) is 0. The van der Waals surface area contributed by atoms with Gasteiger partial charge in [0.2, 0.25) is 0 Å². The van der Waals surface area contributed by atoms with Crippen LogP contribution in [0.25, 0.3) is 0 Å². The first-order chi connectivity index (χ1) is 7.70. The molecule has 84 valence electrons. The van der Waals surface area contributed by atoms with Gasteiger partial charge >= 0.3 is 0 Å². The van der Waals surface area contributed by atoms with Crippen molar-refractivity contribution in [2.45, 2.75) is 26.9 Å². The lowest BCUT2D eigenvalue weighted by molar-refractivity contribution is 0.746. The lowest BCUT2D eigenvalue weighted by atomic mass is 10.2. The van der Waals surface area contributed by atoms with E-state index in [0.29, 0.717) is 6.54 Å². The van der Waals surface area contributed by atoms with E-state index in [2.05, 4.69) is 21.5 Å². The Morgan fingerprint density at radius 3 is 2.56 bits per heavy atom. The number of hydrogen-bond acceptors (Lipinski definition) is 3. The topological polar surface area (TPSA) is 56.7 Å². The molecule has 0 fully saturated rings. The molecule has 2 aromatic heterocycles. The summed E-state index contributed by atoms with van der Waals surface area (Å²) in [5.74, 6) is 0. The van der Waals surface area contributed by atoms with Crippen LogP contribution in [0.3, 0.4) is 0 Å². The molecule has 0 radical (unpaired) electrons. The van der Waals surface area contributed by atoms with E-state index in [-0.39, 0.29) is 0 Å². The van der Waals surface area contributed by atoms with Crippen molar-refractivity contribution in [3.8, 4) is 0 Å². The first kappa shape index (κ1) is 10.8. The molecular formula is C12H16N4. The summed E-state index contributed by atoms with van der Waals surface area (Å²) in [6.07, 6.45) is 3.68. The second-order valence-corrected chi connectivity index (χ2v) is 3.91. The molecule has 4 nitrogen and oxygen atoms in total. The Bertz CT molecular complexity index is 470. The van der Waals surface area contributed by atoms with Gasteiger partial charge in [-0.1, -0.05) is 6.07 Å². The standard InChI is InChI=1S/C12H16N4/c1-9-10(2)16(8-15-9)7-12-4-3-11(5-13)6-14-12/h3-4,6,8H,5,7,13H2,1-2H3. The van der Waals surface area contributed by atoms with Crippen LogP contribution in [0.1, 0.15) is 22.6 Å². The molecule has 2 heterocycles. The molecule has 0 bridgehead atoms. The minimum atomic E-state index is 0.538. The van der Waals surface area contributed by atoms with Crippen LogP contribution in [0.4, 0.5) is 0 Å². The summed E-state index contributed by atoms with van der Waals surface area (Å²) in [4.78, 5) is 8.63. The highest BCUT2D eigenvalue weighted by atomic mass is 15.1. The van der Waals surface area contributed by atoms with Gasteiger partial charge in [0, 0.05) is 18.4 Å². The van der Waals surface area contributed by atoms with Crippen molar-refractivity contribution in [3.63, 3.8) is 0 Å². The first-order valence-electron chi connectivity index (χ1n) is 5.33. The summed E-state index contributed by atoms with van der Waals surface area (Å²) in [6.45, 7) is 5.38. The number of pyridine rings is 1. The summed E-state index contributed by atoms with van der Waals surface area (Å²) in [5, 5.41) is 0. The van der Waals surface area contributed by atoms with Gasteiger partial charge in [-0.2, -0.15) is 0 Å². The highest BCUT2D eigenvalue weighted by Crippen LogP contribution is 2.07. The summed E-state index contributed by atoms with van der Waals surface area (Å²) in [6, 6.07) is 4.03. The van der Waals surface area contributed by atoms with Crippen molar-refractivity contribution in [2.24, 2.45) is 5.73 Å². The van der Waals surface area contributed by atoms with Crippen molar-refractivity contribution < 1.29 is 0 Å². The van der Waals surface area contributed by atoms with Crippen LogP contribution < -0.4 is 5.73 Å². The molecule has 16 heavy (non-hydrogen) atoms. The minimum Gasteiger partial charge on any atom is -0.329 e. The molecule has 4 heteroatoms. The number of aromatic nitrogens is 3. The van der Waals surface area contributed by atoms with Gasteiger partial charge < -0.3 is 10.3 Å². The molecule has 0 aromatic carbocycles. The fourth-order valence-electron chi connectivity index (χ4n) is 1.55. The fraction of sp³-hybridized carbons (Fsp3) is 0.333. The summed E-state index contributed by atoms with van der Waals surface area (Å²) < 4.78 is 2.10. The van der Waals surface area contributed by atoms with E-state index >= 15 is 0 Å². The normalized spacial score (nSPS) is 10.7. The Morgan fingerprint density at radius 2 is 2.06 bits per heavy atom. The predicted octanol–water partition coefficient (Wildman–Crippen LogP) is 1.40. The van der Waals surface area contributed by atoms with Crippen molar-refractivity contribution >= 4 is 0 Å². The van der Waals surface area contributed by atoms with Gasteiger partial charge in [-0.3, -0.25) is 4.98 Å². The quantitative estimate of drug-likeness (QED) is 0.843. The van der Waals surface area contributed by atoms with Crippen LogP contribution in [0.15, 0.2) is 24.7 Å². The van der Waals surface area contributed by atoms with E-state index in [0.717, 1.165) is 23.5 Å². The predicted molar refractivity (Wildman–Crippen MR) is 62.9 cm³/mol. The Hall–Kier alpha value is -1.68. The van der Waals surface area contributed by atoms with Gasteiger partial charge in [-0.15, -0.1) is 0 Å². The maximum absolute atomic E-state index is 5.52. The summed E-state index contributed by atoms with van der Waals surface area (Å²) in [5.41, 5.74) is 9.86. The average molecular weight is 216 g/mol. The smallest absolute Gasteiger partial charge is 0.0955 e. The highest BCUT2D eigenvalue weighted by molar-refractivity contribution is 5.16. The van der Waals surface area contributed by atoms with Crippen LogP contribution in [-0.4, -0.2) is 14.5 Å². The van der Waals surface area contributed by atoms with E-state index in [1.807, 2.05) is 31.6 Å². The largest absolute Gasteiger partial charge is 0.329 e. The first-order valence-corrected chi connectivity index (χ1v) is 5.33. The molecule has 0 spiro atoms. The third-order valence-electron chi connectivity index (χ3n) is 2.80. The second-order valence-electron chi connectivity index (χ2n) is 3.91. The van der Waals surface area contributed by atoms with E-state index in [4.69, 9.17) is 5.73 Å². The number of imidazole rings is 1. The Kier molecular flexibility index (Phi) is 3.01. The van der Waals surface area contributed by atoms with Gasteiger partial charge in [0.15, 0.2) is 0 Å². The Balaban J connectivity index is 2.17. The molecule has 0 aliphatic heterocycles. The van der Waals surface area contributed by atoms with Gasteiger partial charge in [0.1, 0.15) is 0 Å². The molecule has 0 amide bonds. The van der Waals surface area contributed by atoms with Crippen LogP contribution in [-0.2, 0) is 13.1 Å². The molecule has 0 atom stereocenters. The molecule has 2 rings (SSSR count). The third-order valence-corrected chi connectivity index (χ3v) is 2.80. The maximum Gasteiger partial charge on any atom is 0.0955 e. The van der Waals surface area contributed by atoms with Crippen LogP contribution in [0.2, 0.25) is 0 Å². The molecular weight excluding hydrogens is 200 g/mol. The zero-order valence-corrected chi connectivity index (χ0v) is 9.64. The Morgan fingerprint density at radius 1 is 1.25 bits per heavy atom. The van der Waals surface area contributed by atoms with Crippen LogP contribution in [0, 0.1) is 13.8 Å². The van der Waals surface area contributed by atoms with Crippen LogP contribution in [0.5, 0.6) is 0 Å². The molecule has 2 N–H and O–H groups in total. The highest BCUT2D eigenvalue weighted by Gasteiger charge is 2.03. The van der Waals surface area contributed by atoms with Crippen molar-refractivity contribution in [1.29, 1.82) is 0 Å². The summed E-state index contributed by atoms with van der Waals surface area (Å²) >= 11 is 0. The Labute approximate surface area is 95.1 Å². The van der Waals surface area contributed by atoms with Gasteiger partial charge in [0.05, 0.1) is 24.3 Å². The number of hydrogen-bond donors (Lipinski definition) is 1. The monoisotopic (exact) mass is 216 g/mol. The number of aryl methyl sites for hydroxylation is 1. The zero-order chi connectivity index (χ0) is 11.5. The van der Waals surface area contributed by atoms with Gasteiger partial charge in [-0.05, 0) is 25.5 Å². The molecule has 0 aliphatic carbocycles. The molecule has 0 aliphatic rings. The maximum atomic E-state index is 5.52.